The monoisotopic (exact) mass is 413 g/mol. The number of para-hydroxylation sites is 1. The highest BCUT2D eigenvalue weighted by molar-refractivity contribution is 5.96. The molecule has 0 aliphatic heterocycles. The largest absolute Gasteiger partial charge is 0.465 e. The van der Waals surface area contributed by atoms with Crippen LogP contribution >= 0.6 is 0 Å². The molecule has 1 aromatic carbocycles. The number of esters is 1. The molecular weight excluding hydrogens is 394 g/mol. The van der Waals surface area contributed by atoms with Gasteiger partial charge in [0, 0.05) is 11.3 Å². The average molecular weight is 413 g/mol. The molecule has 2 aromatic rings. The van der Waals surface area contributed by atoms with Gasteiger partial charge in [-0.05, 0) is 38.3 Å². The Morgan fingerprint density at radius 2 is 1.97 bits per heavy atom. The van der Waals surface area contributed by atoms with Gasteiger partial charge in [-0.1, -0.05) is 12.1 Å². The van der Waals surface area contributed by atoms with E-state index in [1.165, 1.54) is 29.8 Å². The molecule has 0 N–H and O–H groups in total. The average Bonchev–Trinajstić information content (AvgIpc) is 3.23. The minimum absolute atomic E-state index is 0.0236. The second-order valence-electron chi connectivity index (χ2n) is 6.57. The normalized spacial score (nSPS) is 13.3. The number of fused-ring (bicyclic) bond motifs is 1. The predicted molar refractivity (Wildman–Crippen MR) is 94.1 cm³/mol. The first-order valence-electron chi connectivity index (χ1n) is 9.08. The molecule has 0 saturated carbocycles. The molecule has 1 aliphatic carbocycles. The maximum atomic E-state index is 14.2. The molecule has 0 bridgehead atoms. The van der Waals surface area contributed by atoms with Crippen molar-refractivity contribution in [1.82, 2.24) is 14.7 Å². The summed E-state index contributed by atoms with van der Waals surface area (Å²) in [5.41, 5.74) is 0.975. The fourth-order valence-corrected chi connectivity index (χ4v) is 3.36. The highest BCUT2D eigenvalue weighted by Crippen LogP contribution is 2.30. The lowest BCUT2D eigenvalue weighted by atomic mass is 10.2. The summed E-state index contributed by atoms with van der Waals surface area (Å²) in [6.45, 7) is -0.986. The van der Waals surface area contributed by atoms with Crippen LogP contribution in [0.15, 0.2) is 24.3 Å². The molecule has 0 spiro atoms. The van der Waals surface area contributed by atoms with E-state index in [1.54, 1.807) is 6.07 Å². The zero-order valence-corrected chi connectivity index (χ0v) is 15.6. The van der Waals surface area contributed by atoms with Crippen LogP contribution in [0.3, 0.4) is 0 Å². The van der Waals surface area contributed by atoms with E-state index in [0.717, 1.165) is 0 Å². The van der Waals surface area contributed by atoms with Crippen molar-refractivity contribution in [2.45, 2.75) is 32.4 Å². The Hall–Kier alpha value is -2.91. The van der Waals surface area contributed by atoms with Crippen LogP contribution in [0.5, 0.6) is 0 Å². The van der Waals surface area contributed by atoms with E-state index in [9.17, 15) is 27.2 Å². The van der Waals surface area contributed by atoms with Gasteiger partial charge >= 0.3 is 12.1 Å². The van der Waals surface area contributed by atoms with Crippen LogP contribution in [-0.4, -0.2) is 52.4 Å². The number of ether oxygens (including phenoxy) is 1. The van der Waals surface area contributed by atoms with E-state index >= 15 is 0 Å². The fraction of sp³-hybridized carbons (Fsp3) is 0.421. The number of carbonyl (C=O) groups excluding carboxylic acids is 2. The third-order valence-corrected chi connectivity index (χ3v) is 4.50. The number of halogens is 4. The van der Waals surface area contributed by atoms with Gasteiger partial charge in [-0.3, -0.25) is 9.59 Å². The van der Waals surface area contributed by atoms with Crippen molar-refractivity contribution in [2.24, 2.45) is 0 Å². The first-order valence-corrected chi connectivity index (χ1v) is 9.08. The predicted octanol–water partition coefficient (Wildman–Crippen LogP) is 3.07. The van der Waals surface area contributed by atoms with Crippen molar-refractivity contribution < 1.29 is 31.9 Å². The minimum atomic E-state index is -4.71. The van der Waals surface area contributed by atoms with Gasteiger partial charge in [-0.25, -0.2) is 9.07 Å². The molecule has 1 aromatic heterocycles. The first-order chi connectivity index (χ1) is 13.7. The molecule has 1 aliphatic rings. The molecule has 156 valence electrons. The Morgan fingerprint density at radius 3 is 2.62 bits per heavy atom. The number of carbonyl (C=O) groups is 2. The van der Waals surface area contributed by atoms with E-state index in [0.29, 0.717) is 35.4 Å². The van der Waals surface area contributed by atoms with Crippen molar-refractivity contribution >= 4 is 11.9 Å². The van der Waals surface area contributed by atoms with Gasteiger partial charge in [0.05, 0.1) is 6.61 Å². The summed E-state index contributed by atoms with van der Waals surface area (Å²) < 4.78 is 59.2. The quantitative estimate of drug-likeness (QED) is 0.539. The minimum Gasteiger partial charge on any atom is -0.465 e. The van der Waals surface area contributed by atoms with Crippen molar-refractivity contribution in [3.05, 3.63) is 47.0 Å². The Morgan fingerprint density at radius 1 is 1.24 bits per heavy atom. The first kappa shape index (κ1) is 20.8. The van der Waals surface area contributed by atoms with Gasteiger partial charge in [0.15, 0.2) is 5.69 Å². The molecule has 1 amide bonds. The van der Waals surface area contributed by atoms with Gasteiger partial charge in [0.25, 0.3) is 5.91 Å². The molecule has 0 radical (unpaired) electrons. The lowest BCUT2D eigenvalue weighted by molar-refractivity contribution is -0.153. The Bertz CT molecular complexity index is 924. The molecule has 10 heteroatoms. The number of nitrogens with zero attached hydrogens (tertiary/aromatic N) is 3. The number of amides is 1. The fourth-order valence-electron chi connectivity index (χ4n) is 3.36. The van der Waals surface area contributed by atoms with Gasteiger partial charge in [-0.15, -0.1) is 0 Å². The zero-order valence-electron chi connectivity index (χ0n) is 15.6. The number of hydrogen-bond acceptors (Lipinski definition) is 4. The molecule has 0 fully saturated rings. The number of aromatic nitrogens is 2. The summed E-state index contributed by atoms with van der Waals surface area (Å²) in [4.78, 5) is 25.0. The lowest BCUT2D eigenvalue weighted by Crippen LogP contribution is -2.43. The summed E-state index contributed by atoms with van der Waals surface area (Å²) >= 11 is 0. The van der Waals surface area contributed by atoms with Gasteiger partial charge in [-0.2, -0.15) is 18.3 Å². The standard InChI is InChI=1S/C19H19F4N3O3/c1-2-29-16(27)10-25(11-19(21,22)23)18(28)17-12-6-5-9-14(12)26(24-17)15-8-4-3-7-13(15)20/h3-4,7-8H,2,5-6,9-11H2,1H3. The van der Waals surface area contributed by atoms with Crippen molar-refractivity contribution in [2.75, 3.05) is 19.7 Å². The third kappa shape index (κ3) is 4.57. The van der Waals surface area contributed by atoms with Crippen molar-refractivity contribution in [3.63, 3.8) is 0 Å². The van der Waals surface area contributed by atoms with Crippen LogP contribution in [0, 0.1) is 5.82 Å². The van der Waals surface area contributed by atoms with Crippen molar-refractivity contribution in [1.29, 1.82) is 0 Å². The summed E-state index contributed by atoms with van der Waals surface area (Å²) in [5, 5.41) is 4.13. The molecular formula is C19H19F4N3O3. The van der Waals surface area contributed by atoms with Crippen LogP contribution in [0.2, 0.25) is 0 Å². The van der Waals surface area contributed by atoms with Crippen LogP contribution < -0.4 is 0 Å². The number of rotatable bonds is 6. The molecule has 0 atom stereocenters. The summed E-state index contributed by atoms with van der Waals surface area (Å²) in [6, 6.07) is 5.80. The van der Waals surface area contributed by atoms with E-state index in [4.69, 9.17) is 0 Å². The van der Waals surface area contributed by atoms with E-state index < -0.39 is 37.0 Å². The summed E-state index contributed by atoms with van der Waals surface area (Å²) in [6.07, 6.45) is -3.09. The number of alkyl halides is 3. The van der Waals surface area contributed by atoms with Crippen LogP contribution in [0.25, 0.3) is 5.69 Å². The maximum absolute atomic E-state index is 14.2. The molecule has 29 heavy (non-hydrogen) atoms. The second-order valence-corrected chi connectivity index (χ2v) is 6.57. The van der Waals surface area contributed by atoms with Gasteiger partial charge in [0.1, 0.15) is 24.6 Å². The Labute approximate surface area is 164 Å². The summed E-state index contributed by atoms with van der Waals surface area (Å²) in [5.74, 6) is -2.55. The molecule has 6 nitrogen and oxygen atoms in total. The number of hydrogen-bond donors (Lipinski definition) is 0. The van der Waals surface area contributed by atoms with Crippen LogP contribution in [-0.2, 0) is 22.4 Å². The van der Waals surface area contributed by atoms with E-state index in [-0.39, 0.29) is 18.0 Å². The topological polar surface area (TPSA) is 64.4 Å². The zero-order chi connectivity index (χ0) is 21.2. The van der Waals surface area contributed by atoms with Crippen LogP contribution in [0.4, 0.5) is 17.6 Å². The van der Waals surface area contributed by atoms with Gasteiger partial charge < -0.3 is 9.64 Å². The molecule has 0 saturated heterocycles. The molecule has 3 rings (SSSR count). The van der Waals surface area contributed by atoms with E-state index in [2.05, 4.69) is 9.84 Å². The second kappa shape index (κ2) is 8.22. The third-order valence-electron chi connectivity index (χ3n) is 4.50. The molecule has 1 heterocycles. The maximum Gasteiger partial charge on any atom is 0.406 e. The smallest absolute Gasteiger partial charge is 0.406 e. The molecule has 0 unspecified atom stereocenters. The number of benzene rings is 1. The SMILES string of the molecule is CCOC(=O)CN(CC(F)(F)F)C(=O)c1nn(-c2ccccc2F)c2c1CCC2. The van der Waals surface area contributed by atoms with E-state index in [1.807, 2.05) is 0 Å². The lowest BCUT2D eigenvalue weighted by Gasteiger charge is -2.22. The van der Waals surface area contributed by atoms with Gasteiger partial charge in [0.2, 0.25) is 0 Å². The highest BCUT2D eigenvalue weighted by atomic mass is 19.4. The Kier molecular flexibility index (Phi) is 5.90. The van der Waals surface area contributed by atoms with Crippen LogP contribution in [0.1, 0.15) is 35.1 Å². The highest BCUT2D eigenvalue weighted by Gasteiger charge is 2.37. The van der Waals surface area contributed by atoms with Crippen molar-refractivity contribution in [3.8, 4) is 5.69 Å². The Balaban J connectivity index is 1.99. The summed E-state index contributed by atoms with van der Waals surface area (Å²) in [7, 11) is 0.